The Morgan fingerprint density at radius 3 is 2.76 bits per heavy atom. The fourth-order valence-corrected chi connectivity index (χ4v) is 3.99. The first-order chi connectivity index (χ1) is 16.7. The van der Waals surface area contributed by atoms with Crippen LogP contribution >= 0.6 is 0 Å². The molecule has 0 bridgehead atoms. The number of pyridine rings is 1. The van der Waals surface area contributed by atoms with E-state index in [1.807, 2.05) is 49.8 Å². The molecule has 5 rings (SSSR count). The molecule has 0 saturated carbocycles. The molecule has 34 heavy (non-hydrogen) atoms. The van der Waals surface area contributed by atoms with Gasteiger partial charge in [0.05, 0.1) is 12.6 Å². The van der Waals surface area contributed by atoms with E-state index in [9.17, 15) is 0 Å². The summed E-state index contributed by atoms with van der Waals surface area (Å²) in [4.78, 5) is 16.1. The monoisotopic (exact) mass is 454 g/mol. The van der Waals surface area contributed by atoms with Gasteiger partial charge in [-0.1, -0.05) is 18.2 Å². The van der Waals surface area contributed by atoms with Crippen molar-refractivity contribution in [3.63, 3.8) is 0 Å². The molecular formula is C26H26N6O2. The summed E-state index contributed by atoms with van der Waals surface area (Å²) in [5.74, 6) is 3.14. The zero-order valence-corrected chi connectivity index (χ0v) is 19.2. The third kappa shape index (κ3) is 4.76. The van der Waals surface area contributed by atoms with Crippen LogP contribution in [0.15, 0.2) is 72.1 Å². The van der Waals surface area contributed by atoms with Gasteiger partial charge in [0.25, 0.3) is 0 Å². The molecule has 0 saturated heterocycles. The standard InChI is InChI=1S/C26H26N6O2/c1-32(16-18-5-4-10-27-13-18)26-23-11-19(20-14-28-29-15-20)8-9-24(23)30-25(31-26)17-34-22-7-3-6-21(12-22)33-2/h3-14,20,29H,15-17H2,1-2H3. The van der Waals surface area contributed by atoms with Gasteiger partial charge in [0, 0.05) is 56.1 Å². The quantitative estimate of drug-likeness (QED) is 0.432. The van der Waals surface area contributed by atoms with E-state index in [0.717, 1.165) is 34.6 Å². The molecule has 2 aromatic carbocycles. The van der Waals surface area contributed by atoms with Gasteiger partial charge in [-0.3, -0.25) is 4.98 Å². The fraction of sp³-hybridized carbons (Fsp3) is 0.231. The average molecular weight is 455 g/mol. The summed E-state index contributed by atoms with van der Waals surface area (Å²) in [5.41, 5.74) is 6.20. The highest BCUT2D eigenvalue weighted by Crippen LogP contribution is 2.29. The number of anilines is 1. The average Bonchev–Trinajstić information content (AvgIpc) is 3.42. The lowest BCUT2D eigenvalue weighted by atomic mass is 9.99. The number of methoxy groups -OCH3 is 1. The summed E-state index contributed by atoms with van der Waals surface area (Å²) < 4.78 is 11.3. The van der Waals surface area contributed by atoms with E-state index in [1.54, 1.807) is 13.3 Å². The zero-order valence-electron chi connectivity index (χ0n) is 19.2. The first-order valence-electron chi connectivity index (χ1n) is 11.1. The van der Waals surface area contributed by atoms with E-state index < -0.39 is 0 Å². The highest BCUT2D eigenvalue weighted by Gasteiger charge is 2.18. The van der Waals surface area contributed by atoms with Crippen LogP contribution in [0.2, 0.25) is 0 Å². The summed E-state index contributed by atoms with van der Waals surface area (Å²) >= 11 is 0. The molecular weight excluding hydrogens is 428 g/mol. The van der Waals surface area contributed by atoms with Crippen LogP contribution in [-0.2, 0) is 13.2 Å². The third-order valence-corrected chi connectivity index (χ3v) is 5.74. The lowest BCUT2D eigenvalue weighted by Crippen LogP contribution is -2.20. The second-order valence-electron chi connectivity index (χ2n) is 8.17. The number of hydrogen-bond donors (Lipinski definition) is 1. The molecule has 0 aliphatic carbocycles. The maximum Gasteiger partial charge on any atom is 0.168 e. The Bertz CT molecular complexity index is 1310. The van der Waals surface area contributed by atoms with Crippen molar-refractivity contribution in [3.8, 4) is 11.5 Å². The summed E-state index contributed by atoms with van der Waals surface area (Å²) in [6.07, 6.45) is 5.59. The Morgan fingerprint density at radius 1 is 1.06 bits per heavy atom. The molecule has 0 radical (unpaired) electrons. The number of aromatic nitrogens is 3. The number of hydrogen-bond acceptors (Lipinski definition) is 8. The van der Waals surface area contributed by atoms with Crippen molar-refractivity contribution in [2.45, 2.75) is 19.1 Å². The zero-order chi connectivity index (χ0) is 23.3. The second kappa shape index (κ2) is 9.74. The highest BCUT2D eigenvalue weighted by molar-refractivity contribution is 5.91. The van der Waals surface area contributed by atoms with Gasteiger partial charge >= 0.3 is 0 Å². The lowest BCUT2D eigenvalue weighted by molar-refractivity contribution is 0.294. The Morgan fingerprint density at radius 2 is 1.97 bits per heavy atom. The van der Waals surface area contributed by atoms with E-state index in [4.69, 9.17) is 19.4 Å². The van der Waals surface area contributed by atoms with Crippen LogP contribution in [0.5, 0.6) is 11.5 Å². The normalized spacial score (nSPS) is 14.7. The molecule has 172 valence electrons. The molecule has 3 heterocycles. The van der Waals surface area contributed by atoms with Gasteiger partial charge in [0.15, 0.2) is 5.82 Å². The molecule has 1 atom stereocenters. The van der Waals surface area contributed by atoms with Gasteiger partial charge in [-0.25, -0.2) is 9.97 Å². The summed E-state index contributed by atoms with van der Waals surface area (Å²) in [6.45, 7) is 1.71. The van der Waals surface area contributed by atoms with Crippen molar-refractivity contribution in [1.82, 2.24) is 20.4 Å². The highest BCUT2D eigenvalue weighted by atomic mass is 16.5. The summed E-state index contributed by atoms with van der Waals surface area (Å²) in [7, 11) is 3.67. The Hall–Kier alpha value is -4.20. The molecule has 0 fully saturated rings. The Labute approximate surface area is 198 Å². The largest absolute Gasteiger partial charge is 0.497 e. The molecule has 1 aliphatic rings. The fourth-order valence-electron chi connectivity index (χ4n) is 3.99. The molecule has 0 amide bonds. The molecule has 4 aromatic rings. The predicted molar refractivity (Wildman–Crippen MR) is 132 cm³/mol. The number of benzene rings is 2. The van der Waals surface area contributed by atoms with E-state index in [1.165, 1.54) is 5.56 Å². The van der Waals surface area contributed by atoms with E-state index in [2.05, 4.69) is 44.7 Å². The van der Waals surface area contributed by atoms with Gasteiger partial charge in [0.2, 0.25) is 0 Å². The number of ether oxygens (including phenoxy) is 2. The van der Waals surface area contributed by atoms with Crippen LogP contribution in [0.1, 0.15) is 22.9 Å². The minimum atomic E-state index is 0.233. The van der Waals surface area contributed by atoms with Crippen LogP contribution in [0.3, 0.4) is 0 Å². The Balaban J connectivity index is 1.49. The smallest absolute Gasteiger partial charge is 0.168 e. The number of hydrazone groups is 1. The Kier molecular flexibility index (Phi) is 6.20. The van der Waals surface area contributed by atoms with Gasteiger partial charge < -0.3 is 19.8 Å². The number of rotatable bonds is 8. The van der Waals surface area contributed by atoms with Crippen LogP contribution in [0.4, 0.5) is 5.82 Å². The van der Waals surface area contributed by atoms with Gasteiger partial charge in [-0.2, -0.15) is 5.10 Å². The van der Waals surface area contributed by atoms with Crippen molar-refractivity contribution in [3.05, 3.63) is 83.9 Å². The maximum absolute atomic E-state index is 5.98. The number of fused-ring (bicyclic) bond motifs is 1. The van der Waals surface area contributed by atoms with Crippen molar-refractivity contribution < 1.29 is 9.47 Å². The van der Waals surface area contributed by atoms with Crippen LogP contribution < -0.4 is 19.8 Å². The first kappa shape index (κ1) is 21.6. The minimum Gasteiger partial charge on any atom is -0.497 e. The second-order valence-corrected chi connectivity index (χ2v) is 8.17. The third-order valence-electron chi connectivity index (χ3n) is 5.74. The topological polar surface area (TPSA) is 84.8 Å². The molecule has 0 spiro atoms. The van der Waals surface area contributed by atoms with E-state index >= 15 is 0 Å². The van der Waals surface area contributed by atoms with Crippen LogP contribution in [-0.4, -0.2) is 41.9 Å². The first-order valence-corrected chi connectivity index (χ1v) is 11.1. The van der Waals surface area contributed by atoms with Gasteiger partial charge in [0.1, 0.15) is 23.9 Å². The van der Waals surface area contributed by atoms with E-state index in [0.29, 0.717) is 18.1 Å². The van der Waals surface area contributed by atoms with Crippen LogP contribution in [0.25, 0.3) is 10.9 Å². The molecule has 1 aliphatic heterocycles. The SMILES string of the molecule is COc1cccc(OCc2nc(N(C)Cc3cccnc3)c3cc(C4C=NNC4)ccc3n2)c1. The maximum atomic E-state index is 5.98. The van der Waals surface area contributed by atoms with Crippen molar-refractivity contribution in [1.29, 1.82) is 0 Å². The predicted octanol–water partition coefficient (Wildman–Crippen LogP) is 3.92. The molecule has 8 heteroatoms. The number of nitrogens with one attached hydrogen (secondary N) is 1. The van der Waals surface area contributed by atoms with Crippen molar-refractivity contribution in [2.24, 2.45) is 5.10 Å². The van der Waals surface area contributed by atoms with Gasteiger partial charge in [-0.15, -0.1) is 0 Å². The van der Waals surface area contributed by atoms with E-state index in [-0.39, 0.29) is 12.5 Å². The van der Waals surface area contributed by atoms with Crippen molar-refractivity contribution >= 4 is 22.9 Å². The molecule has 8 nitrogen and oxygen atoms in total. The molecule has 1 N–H and O–H groups in total. The van der Waals surface area contributed by atoms with Crippen LogP contribution in [0, 0.1) is 0 Å². The van der Waals surface area contributed by atoms with Crippen molar-refractivity contribution in [2.75, 3.05) is 25.6 Å². The molecule has 1 unspecified atom stereocenters. The summed E-state index contributed by atoms with van der Waals surface area (Å²) in [5, 5.41) is 5.16. The number of nitrogens with zero attached hydrogens (tertiary/aromatic N) is 5. The minimum absolute atomic E-state index is 0.233. The van der Waals surface area contributed by atoms with Gasteiger partial charge in [-0.05, 0) is 41.5 Å². The lowest BCUT2D eigenvalue weighted by Gasteiger charge is -2.21. The summed E-state index contributed by atoms with van der Waals surface area (Å²) in [6, 6.07) is 17.8. The molecule has 2 aromatic heterocycles.